The Balaban J connectivity index is 1.61. The van der Waals surface area contributed by atoms with Crippen LogP contribution in [0.3, 0.4) is 0 Å². The first-order valence-corrected chi connectivity index (χ1v) is 8.97. The number of hydrogen-bond donors (Lipinski definition) is 2. The molecule has 2 aromatic heterocycles. The molecular weight excluding hydrogens is 320 g/mol. The van der Waals surface area contributed by atoms with Crippen LogP contribution < -0.4 is 5.32 Å². The molecule has 2 heterocycles. The highest BCUT2D eigenvalue weighted by Gasteiger charge is 2.01. The van der Waals surface area contributed by atoms with Crippen LogP contribution in [-0.4, -0.2) is 32.2 Å². The van der Waals surface area contributed by atoms with Crippen molar-refractivity contribution >= 4 is 17.6 Å². The van der Waals surface area contributed by atoms with Crippen LogP contribution in [0, 0.1) is 0 Å². The number of pyridine rings is 1. The lowest BCUT2D eigenvalue weighted by Gasteiger charge is -2.09. The molecule has 0 saturated heterocycles. The van der Waals surface area contributed by atoms with E-state index >= 15 is 0 Å². The molecule has 0 amide bonds. The van der Waals surface area contributed by atoms with E-state index in [-0.39, 0.29) is 6.61 Å². The Hall–Kier alpha value is -2.31. The van der Waals surface area contributed by atoms with Gasteiger partial charge in [-0.15, -0.1) is 0 Å². The summed E-state index contributed by atoms with van der Waals surface area (Å²) in [6.07, 6.45) is 5.52. The third-order valence-electron chi connectivity index (χ3n) is 3.48. The lowest BCUT2D eigenvalue weighted by atomic mass is 10.2. The number of nitrogens with zero attached hydrogens (tertiary/aromatic N) is 3. The van der Waals surface area contributed by atoms with Gasteiger partial charge in [0.1, 0.15) is 5.82 Å². The van der Waals surface area contributed by atoms with Gasteiger partial charge in [0.2, 0.25) is 0 Å². The lowest BCUT2D eigenvalue weighted by Crippen LogP contribution is -2.03. The van der Waals surface area contributed by atoms with Gasteiger partial charge in [0.15, 0.2) is 0 Å². The molecule has 0 aliphatic carbocycles. The monoisotopic (exact) mass is 340 g/mol. The molecule has 0 aliphatic heterocycles. The van der Waals surface area contributed by atoms with Gasteiger partial charge < -0.3 is 10.4 Å². The zero-order chi connectivity index (χ0) is 16.6. The Bertz CT molecular complexity index is 761. The predicted octanol–water partition coefficient (Wildman–Crippen LogP) is 3.10. The molecule has 0 bridgehead atoms. The predicted molar refractivity (Wildman–Crippen MR) is 98.4 cm³/mol. The van der Waals surface area contributed by atoms with Gasteiger partial charge in [0, 0.05) is 36.6 Å². The van der Waals surface area contributed by atoms with E-state index in [1.54, 1.807) is 18.0 Å². The highest BCUT2D eigenvalue weighted by molar-refractivity contribution is 7.98. The number of rotatable bonds is 8. The van der Waals surface area contributed by atoms with Crippen LogP contribution in [0.1, 0.15) is 11.1 Å². The molecule has 5 nitrogen and oxygen atoms in total. The van der Waals surface area contributed by atoms with Crippen molar-refractivity contribution in [2.45, 2.75) is 12.3 Å². The topological polar surface area (TPSA) is 63.0 Å². The molecule has 0 atom stereocenters. The van der Waals surface area contributed by atoms with Crippen LogP contribution in [0.5, 0.6) is 0 Å². The zero-order valence-corrected chi connectivity index (χ0v) is 14.1. The minimum Gasteiger partial charge on any atom is -0.396 e. The van der Waals surface area contributed by atoms with Gasteiger partial charge >= 0.3 is 0 Å². The third kappa shape index (κ3) is 4.59. The molecule has 0 saturated carbocycles. The Labute approximate surface area is 145 Å². The summed E-state index contributed by atoms with van der Waals surface area (Å²) < 4.78 is 1.85. The first kappa shape index (κ1) is 16.5. The number of aliphatic hydroxyl groups excluding tert-OH is 1. The number of hydrogen-bond acceptors (Lipinski definition) is 5. The molecule has 0 fully saturated rings. The standard InChI is InChI=1S/C18H20N4OS/c23-9-10-24-14-16-5-7-19-18(12-16)20-13-15-3-1-4-17(11-15)22-8-2-6-21-22/h1-8,11-12,23H,9-10,13-14H2,(H,19,20). The summed E-state index contributed by atoms with van der Waals surface area (Å²) in [6.45, 7) is 0.919. The van der Waals surface area contributed by atoms with Crippen molar-refractivity contribution in [3.05, 3.63) is 72.2 Å². The maximum absolute atomic E-state index is 8.85. The van der Waals surface area contributed by atoms with Crippen molar-refractivity contribution in [1.29, 1.82) is 0 Å². The number of thioether (sulfide) groups is 1. The van der Waals surface area contributed by atoms with Crippen molar-refractivity contribution in [3.63, 3.8) is 0 Å². The summed E-state index contributed by atoms with van der Waals surface area (Å²) in [4.78, 5) is 4.37. The fraction of sp³-hybridized carbons (Fsp3) is 0.222. The summed E-state index contributed by atoms with van der Waals surface area (Å²) in [5.74, 6) is 2.50. The molecule has 0 aliphatic rings. The van der Waals surface area contributed by atoms with Gasteiger partial charge in [0.05, 0.1) is 12.3 Å². The van der Waals surface area contributed by atoms with E-state index in [1.807, 2.05) is 41.3 Å². The van der Waals surface area contributed by atoms with Gasteiger partial charge in [-0.2, -0.15) is 16.9 Å². The van der Waals surface area contributed by atoms with Crippen molar-refractivity contribution in [3.8, 4) is 5.69 Å². The van der Waals surface area contributed by atoms with Gasteiger partial charge in [-0.3, -0.25) is 0 Å². The number of aromatic nitrogens is 3. The minimum atomic E-state index is 0.216. The van der Waals surface area contributed by atoms with E-state index in [2.05, 4.69) is 33.6 Å². The van der Waals surface area contributed by atoms with E-state index < -0.39 is 0 Å². The smallest absolute Gasteiger partial charge is 0.126 e. The molecule has 24 heavy (non-hydrogen) atoms. The molecular formula is C18H20N4OS. The molecule has 1 aromatic carbocycles. The molecule has 3 rings (SSSR count). The SMILES string of the molecule is OCCSCc1ccnc(NCc2cccc(-n3cccn3)c2)c1. The second-order valence-electron chi connectivity index (χ2n) is 5.30. The molecule has 2 N–H and O–H groups in total. The Morgan fingerprint density at radius 2 is 2.04 bits per heavy atom. The van der Waals surface area contributed by atoms with Crippen molar-refractivity contribution in [1.82, 2.24) is 14.8 Å². The van der Waals surface area contributed by atoms with Crippen molar-refractivity contribution in [2.75, 3.05) is 17.7 Å². The maximum Gasteiger partial charge on any atom is 0.126 e. The molecule has 6 heteroatoms. The molecule has 0 unspecified atom stereocenters. The van der Waals surface area contributed by atoms with E-state index in [9.17, 15) is 0 Å². The lowest BCUT2D eigenvalue weighted by molar-refractivity contribution is 0.322. The fourth-order valence-electron chi connectivity index (χ4n) is 2.34. The summed E-state index contributed by atoms with van der Waals surface area (Å²) in [7, 11) is 0. The number of benzene rings is 1. The van der Waals surface area contributed by atoms with Gasteiger partial charge in [-0.1, -0.05) is 12.1 Å². The summed E-state index contributed by atoms with van der Waals surface area (Å²) >= 11 is 1.71. The van der Waals surface area contributed by atoms with Crippen LogP contribution in [-0.2, 0) is 12.3 Å². The quantitative estimate of drug-likeness (QED) is 0.617. The Morgan fingerprint density at radius 3 is 2.88 bits per heavy atom. The largest absolute Gasteiger partial charge is 0.396 e. The van der Waals surface area contributed by atoms with E-state index in [0.29, 0.717) is 6.54 Å². The van der Waals surface area contributed by atoms with Crippen molar-refractivity contribution < 1.29 is 5.11 Å². The van der Waals surface area contributed by atoms with Gasteiger partial charge in [-0.05, 0) is 41.5 Å². The third-order valence-corrected chi connectivity index (χ3v) is 4.49. The van der Waals surface area contributed by atoms with Crippen LogP contribution in [0.2, 0.25) is 0 Å². The highest BCUT2D eigenvalue weighted by atomic mass is 32.2. The molecule has 0 radical (unpaired) electrons. The second kappa shape index (κ2) is 8.52. The number of nitrogens with one attached hydrogen (secondary N) is 1. The van der Waals surface area contributed by atoms with E-state index in [1.165, 1.54) is 11.1 Å². The normalized spacial score (nSPS) is 10.7. The van der Waals surface area contributed by atoms with Gasteiger partial charge in [-0.25, -0.2) is 9.67 Å². The second-order valence-corrected chi connectivity index (χ2v) is 6.40. The summed E-state index contributed by atoms with van der Waals surface area (Å²) in [6, 6.07) is 14.2. The molecule has 0 spiro atoms. The van der Waals surface area contributed by atoms with Crippen LogP contribution in [0.25, 0.3) is 5.69 Å². The Morgan fingerprint density at radius 1 is 1.08 bits per heavy atom. The van der Waals surface area contributed by atoms with Crippen LogP contribution in [0.15, 0.2) is 61.1 Å². The zero-order valence-electron chi connectivity index (χ0n) is 13.3. The van der Waals surface area contributed by atoms with Gasteiger partial charge in [0.25, 0.3) is 0 Å². The first-order valence-electron chi connectivity index (χ1n) is 7.81. The summed E-state index contributed by atoms with van der Waals surface area (Å²) in [5, 5.41) is 16.5. The van der Waals surface area contributed by atoms with Crippen molar-refractivity contribution in [2.24, 2.45) is 0 Å². The van der Waals surface area contributed by atoms with E-state index in [0.717, 1.165) is 23.0 Å². The number of anilines is 1. The highest BCUT2D eigenvalue weighted by Crippen LogP contribution is 2.16. The molecule has 3 aromatic rings. The maximum atomic E-state index is 8.85. The number of aliphatic hydroxyl groups is 1. The van der Waals surface area contributed by atoms with E-state index in [4.69, 9.17) is 5.11 Å². The fourth-order valence-corrected chi connectivity index (χ4v) is 3.03. The Kier molecular flexibility index (Phi) is 5.87. The van der Waals surface area contributed by atoms with Crippen LogP contribution in [0.4, 0.5) is 5.82 Å². The van der Waals surface area contributed by atoms with Crippen LogP contribution >= 0.6 is 11.8 Å². The minimum absolute atomic E-state index is 0.216. The first-order chi connectivity index (χ1) is 11.8. The average molecular weight is 340 g/mol. The average Bonchev–Trinajstić information content (AvgIpc) is 3.16. The summed E-state index contributed by atoms with van der Waals surface area (Å²) in [5.41, 5.74) is 3.42. The molecule has 124 valence electrons.